The van der Waals surface area contributed by atoms with Crippen LogP contribution < -0.4 is 10.5 Å². The van der Waals surface area contributed by atoms with Gasteiger partial charge in [-0.2, -0.15) is 0 Å². The minimum Gasteiger partial charge on any atom is -0.493 e. The lowest BCUT2D eigenvalue weighted by Crippen LogP contribution is -2.13. The normalized spacial score (nSPS) is 20.9. The van der Waals surface area contributed by atoms with Gasteiger partial charge in [0.05, 0.1) is 12.7 Å². The highest BCUT2D eigenvalue weighted by Crippen LogP contribution is 2.25. The first kappa shape index (κ1) is 13.3. The second kappa shape index (κ2) is 6.16. The van der Waals surface area contributed by atoms with Crippen LogP contribution in [0, 0.1) is 5.82 Å². The zero-order valence-corrected chi connectivity index (χ0v) is 10.7. The van der Waals surface area contributed by atoms with Crippen LogP contribution in [0.5, 0.6) is 5.75 Å². The Bertz CT molecular complexity index is 389. The summed E-state index contributed by atoms with van der Waals surface area (Å²) in [7, 11) is 0. The van der Waals surface area contributed by atoms with E-state index in [2.05, 4.69) is 0 Å². The Hall–Kier alpha value is -1.13. The van der Waals surface area contributed by atoms with Crippen LogP contribution in [0.4, 0.5) is 4.39 Å². The van der Waals surface area contributed by atoms with Crippen LogP contribution >= 0.6 is 0 Å². The van der Waals surface area contributed by atoms with Crippen molar-refractivity contribution < 1.29 is 13.9 Å². The van der Waals surface area contributed by atoms with Crippen molar-refractivity contribution in [2.24, 2.45) is 5.73 Å². The van der Waals surface area contributed by atoms with Crippen molar-refractivity contribution in [3.8, 4) is 5.75 Å². The van der Waals surface area contributed by atoms with Crippen molar-refractivity contribution in [3.63, 3.8) is 0 Å². The van der Waals surface area contributed by atoms with Crippen molar-refractivity contribution in [3.05, 3.63) is 29.6 Å². The van der Waals surface area contributed by atoms with Crippen LogP contribution in [0.1, 0.15) is 37.8 Å². The predicted molar refractivity (Wildman–Crippen MR) is 68.1 cm³/mol. The number of benzene rings is 1. The molecule has 2 rings (SSSR count). The van der Waals surface area contributed by atoms with Crippen LogP contribution in [-0.4, -0.2) is 19.3 Å². The first-order valence-corrected chi connectivity index (χ1v) is 6.46. The van der Waals surface area contributed by atoms with Crippen LogP contribution in [-0.2, 0) is 4.74 Å². The maximum atomic E-state index is 13.1. The minimum absolute atomic E-state index is 0.238. The van der Waals surface area contributed by atoms with E-state index in [0.717, 1.165) is 25.9 Å². The van der Waals surface area contributed by atoms with E-state index in [1.165, 1.54) is 12.1 Å². The van der Waals surface area contributed by atoms with Gasteiger partial charge in [0.15, 0.2) is 0 Å². The van der Waals surface area contributed by atoms with Crippen molar-refractivity contribution in [1.29, 1.82) is 0 Å². The zero-order chi connectivity index (χ0) is 13.0. The molecule has 0 amide bonds. The molecule has 1 aromatic carbocycles. The summed E-state index contributed by atoms with van der Waals surface area (Å²) in [5.74, 6) is 0.387. The van der Waals surface area contributed by atoms with E-state index in [1.54, 1.807) is 6.07 Å². The smallest absolute Gasteiger partial charge is 0.124 e. The fourth-order valence-electron chi connectivity index (χ4n) is 2.18. The van der Waals surface area contributed by atoms with Crippen LogP contribution in [0.25, 0.3) is 0 Å². The molecule has 1 unspecified atom stereocenters. The van der Waals surface area contributed by atoms with Gasteiger partial charge < -0.3 is 15.2 Å². The maximum absolute atomic E-state index is 13.1. The molecule has 1 fully saturated rings. The van der Waals surface area contributed by atoms with Crippen LogP contribution in [0.2, 0.25) is 0 Å². The minimum atomic E-state index is -0.284. The Morgan fingerprint density at radius 2 is 2.39 bits per heavy atom. The van der Waals surface area contributed by atoms with Gasteiger partial charge in [-0.05, 0) is 38.0 Å². The van der Waals surface area contributed by atoms with E-state index in [-0.39, 0.29) is 11.9 Å². The molecule has 1 aliphatic heterocycles. The standard InChI is InChI=1S/C14H20FNO2/c1-10(16)13-9-11(15)4-5-14(13)18-8-6-12-3-2-7-17-12/h4-5,9-10,12H,2-3,6-8,16H2,1H3/t10-,12?/m1/s1. The summed E-state index contributed by atoms with van der Waals surface area (Å²) in [6.45, 7) is 3.25. The Balaban J connectivity index is 1.91. The molecule has 0 saturated carbocycles. The molecule has 2 N–H and O–H groups in total. The molecule has 0 spiro atoms. The number of hydrogen-bond acceptors (Lipinski definition) is 3. The topological polar surface area (TPSA) is 44.5 Å². The first-order chi connectivity index (χ1) is 8.66. The summed E-state index contributed by atoms with van der Waals surface area (Å²) in [5.41, 5.74) is 6.52. The van der Waals surface area contributed by atoms with Crippen molar-refractivity contribution >= 4 is 0 Å². The summed E-state index contributed by atoms with van der Waals surface area (Å²) in [6, 6.07) is 4.24. The lowest BCUT2D eigenvalue weighted by atomic mass is 10.1. The van der Waals surface area contributed by atoms with Gasteiger partial charge in [-0.25, -0.2) is 4.39 Å². The molecule has 2 atom stereocenters. The summed E-state index contributed by atoms with van der Waals surface area (Å²) in [4.78, 5) is 0. The molecule has 4 heteroatoms. The van der Waals surface area contributed by atoms with Crippen LogP contribution in [0.3, 0.4) is 0 Å². The summed E-state index contributed by atoms with van der Waals surface area (Å²) in [6.07, 6.45) is 3.42. The highest BCUT2D eigenvalue weighted by atomic mass is 19.1. The molecule has 0 radical (unpaired) electrons. The molecule has 0 aromatic heterocycles. The Kier molecular flexibility index (Phi) is 4.55. The quantitative estimate of drug-likeness (QED) is 0.877. The van der Waals surface area contributed by atoms with E-state index in [4.69, 9.17) is 15.2 Å². The molecule has 1 saturated heterocycles. The third kappa shape index (κ3) is 3.43. The van der Waals surface area contributed by atoms with Gasteiger partial charge in [-0.15, -0.1) is 0 Å². The molecule has 1 heterocycles. The van der Waals surface area contributed by atoms with Gasteiger partial charge in [-0.3, -0.25) is 0 Å². The van der Waals surface area contributed by atoms with Crippen LogP contribution in [0.15, 0.2) is 18.2 Å². The summed E-state index contributed by atoms with van der Waals surface area (Å²) < 4.78 is 24.4. The van der Waals surface area contributed by atoms with Gasteiger partial charge in [0.1, 0.15) is 11.6 Å². The van der Waals surface area contributed by atoms with E-state index in [9.17, 15) is 4.39 Å². The zero-order valence-electron chi connectivity index (χ0n) is 10.7. The van der Waals surface area contributed by atoms with Gasteiger partial charge >= 0.3 is 0 Å². The molecule has 3 nitrogen and oxygen atoms in total. The average Bonchev–Trinajstić information content (AvgIpc) is 2.84. The van der Waals surface area contributed by atoms with Crippen molar-refractivity contribution in [2.45, 2.75) is 38.3 Å². The lowest BCUT2D eigenvalue weighted by Gasteiger charge is -2.15. The van der Waals surface area contributed by atoms with Gasteiger partial charge in [-0.1, -0.05) is 0 Å². The summed E-state index contributed by atoms with van der Waals surface area (Å²) >= 11 is 0. The Labute approximate surface area is 107 Å². The molecule has 0 aliphatic carbocycles. The number of hydrogen-bond donors (Lipinski definition) is 1. The second-order valence-corrected chi connectivity index (χ2v) is 4.74. The monoisotopic (exact) mass is 253 g/mol. The van der Waals surface area contributed by atoms with E-state index >= 15 is 0 Å². The number of ether oxygens (including phenoxy) is 2. The SMILES string of the molecule is C[C@@H](N)c1cc(F)ccc1OCCC1CCCO1. The first-order valence-electron chi connectivity index (χ1n) is 6.46. The number of nitrogens with two attached hydrogens (primary N) is 1. The highest BCUT2D eigenvalue weighted by Gasteiger charge is 2.16. The van der Waals surface area contributed by atoms with Crippen molar-refractivity contribution in [2.75, 3.05) is 13.2 Å². The van der Waals surface area contributed by atoms with E-state index in [0.29, 0.717) is 24.0 Å². The van der Waals surface area contributed by atoms with Gasteiger partial charge in [0.2, 0.25) is 0 Å². The number of halogens is 1. The maximum Gasteiger partial charge on any atom is 0.124 e. The molecule has 1 aromatic rings. The van der Waals surface area contributed by atoms with E-state index < -0.39 is 0 Å². The van der Waals surface area contributed by atoms with Gasteiger partial charge in [0, 0.05) is 24.6 Å². The van der Waals surface area contributed by atoms with Crippen molar-refractivity contribution in [1.82, 2.24) is 0 Å². The second-order valence-electron chi connectivity index (χ2n) is 4.74. The third-order valence-corrected chi connectivity index (χ3v) is 3.18. The molecular weight excluding hydrogens is 233 g/mol. The molecule has 100 valence electrons. The van der Waals surface area contributed by atoms with E-state index in [1.807, 2.05) is 6.92 Å². The fraction of sp³-hybridized carbons (Fsp3) is 0.571. The Morgan fingerprint density at radius 1 is 1.56 bits per heavy atom. The summed E-state index contributed by atoms with van der Waals surface area (Å²) in [5, 5.41) is 0. The fourth-order valence-corrected chi connectivity index (χ4v) is 2.18. The molecule has 18 heavy (non-hydrogen) atoms. The molecular formula is C14H20FNO2. The Morgan fingerprint density at radius 3 is 3.06 bits per heavy atom. The highest BCUT2D eigenvalue weighted by molar-refractivity contribution is 5.36. The average molecular weight is 253 g/mol. The molecule has 0 bridgehead atoms. The molecule has 1 aliphatic rings. The van der Waals surface area contributed by atoms with Gasteiger partial charge in [0.25, 0.3) is 0 Å². The largest absolute Gasteiger partial charge is 0.493 e. The predicted octanol–water partition coefficient (Wildman–Crippen LogP) is 2.79. The lowest BCUT2D eigenvalue weighted by molar-refractivity contribution is 0.0901. The third-order valence-electron chi connectivity index (χ3n) is 3.18. The number of rotatable bonds is 5.